The lowest BCUT2D eigenvalue weighted by Crippen LogP contribution is -2.53. The maximum Gasteiger partial charge on any atom is 0.237 e. The second-order valence-electron chi connectivity index (χ2n) is 6.25. The van der Waals surface area contributed by atoms with Gasteiger partial charge in [0.1, 0.15) is 0 Å². The third kappa shape index (κ3) is 3.27. The molecule has 1 aromatic carbocycles. The first-order valence-electron chi connectivity index (χ1n) is 7.99. The molecule has 1 saturated carbocycles. The molecule has 1 heterocycles. The fourth-order valence-corrected chi connectivity index (χ4v) is 3.54. The van der Waals surface area contributed by atoms with Crippen LogP contribution in [0.15, 0.2) is 24.3 Å². The monoisotopic (exact) mass is 288 g/mol. The number of benzene rings is 1. The van der Waals surface area contributed by atoms with Crippen LogP contribution in [0, 0.1) is 5.92 Å². The zero-order valence-electron chi connectivity index (χ0n) is 12.3. The Labute approximate surface area is 125 Å². The second-order valence-corrected chi connectivity index (χ2v) is 6.25. The number of hydrogen-bond donors (Lipinski definition) is 3. The van der Waals surface area contributed by atoms with Gasteiger partial charge in [-0.25, -0.2) is 0 Å². The van der Waals surface area contributed by atoms with Crippen LogP contribution in [0.25, 0.3) is 0 Å². The summed E-state index contributed by atoms with van der Waals surface area (Å²) in [7, 11) is 0. The number of amides is 1. The molecule has 2 aliphatic rings. The smallest absolute Gasteiger partial charge is 0.237 e. The van der Waals surface area contributed by atoms with E-state index >= 15 is 0 Å². The number of aliphatic hydroxyl groups is 1. The third-order valence-electron chi connectivity index (χ3n) is 4.87. The second kappa shape index (κ2) is 6.58. The first-order chi connectivity index (χ1) is 10.3. The lowest BCUT2D eigenvalue weighted by atomic mass is 9.84. The number of aliphatic hydroxyl groups excluding tert-OH is 1. The molecule has 0 spiro atoms. The SMILES string of the molecule is O=C(NC1CCCCC1CO)[C@H]1Cc2ccccc2CN1. The Kier molecular flexibility index (Phi) is 4.56. The summed E-state index contributed by atoms with van der Waals surface area (Å²) in [4.78, 5) is 12.5. The topological polar surface area (TPSA) is 61.4 Å². The number of carbonyl (C=O) groups is 1. The molecular formula is C17H24N2O2. The van der Waals surface area contributed by atoms with Crippen LogP contribution >= 0.6 is 0 Å². The van der Waals surface area contributed by atoms with E-state index < -0.39 is 0 Å². The van der Waals surface area contributed by atoms with Crippen molar-refractivity contribution < 1.29 is 9.90 Å². The summed E-state index contributed by atoms with van der Waals surface area (Å²) in [5.74, 6) is 0.299. The van der Waals surface area contributed by atoms with Gasteiger partial charge in [-0.15, -0.1) is 0 Å². The normalized spacial score (nSPS) is 28.7. The van der Waals surface area contributed by atoms with Crippen molar-refractivity contribution in [2.45, 2.75) is 50.7 Å². The van der Waals surface area contributed by atoms with E-state index in [-0.39, 0.29) is 30.5 Å². The molecule has 4 nitrogen and oxygen atoms in total. The van der Waals surface area contributed by atoms with Crippen LogP contribution in [0.4, 0.5) is 0 Å². The molecule has 1 aliphatic carbocycles. The van der Waals surface area contributed by atoms with Crippen LogP contribution in [0.3, 0.4) is 0 Å². The molecule has 1 aliphatic heterocycles. The van der Waals surface area contributed by atoms with Crippen molar-refractivity contribution in [1.82, 2.24) is 10.6 Å². The highest BCUT2D eigenvalue weighted by molar-refractivity contribution is 5.82. The number of fused-ring (bicyclic) bond motifs is 1. The van der Waals surface area contributed by atoms with E-state index in [2.05, 4.69) is 22.8 Å². The molecule has 0 aromatic heterocycles. The summed E-state index contributed by atoms with van der Waals surface area (Å²) in [5.41, 5.74) is 2.55. The highest BCUT2D eigenvalue weighted by Gasteiger charge is 2.30. The van der Waals surface area contributed by atoms with Crippen molar-refractivity contribution >= 4 is 5.91 Å². The molecule has 21 heavy (non-hydrogen) atoms. The van der Waals surface area contributed by atoms with Gasteiger partial charge in [0.25, 0.3) is 0 Å². The summed E-state index contributed by atoms with van der Waals surface area (Å²) < 4.78 is 0. The number of carbonyl (C=O) groups excluding carboxylic acids is 1. The van der Waals surface area contributed by atoms with Crippen LogP contribution in [-0.4, -0.2) is 29.7 Å². The maximum absolute atomic E-state index is 12.5. The molecule has 1 fully saturated rings. The predicted octanol–water partition coefficient (Wildman–Crippen LogP) is 1.37. The van der Waals surface area contributed by atoms with Gasteiger partial charge in [0.15, 0.2) is 0 Å². The fraction of sp³-hybridized carbons (Fsp3) is 0.588. The molecular weight excluding hydrogens is 264 g/mol. The van der Waals surface area contributed by atoms with E-state index in [4.69, 9.17) is 0 Å². The van der Waals surface area contributed by atoms with Gasteiger partial charge in [-0.2, -0.15) is 0 Å². The fourth-order valence-electron chi connectivity index (χ4n) is 3.54. The van der Waals surface area contributed by atoms with Crippen molar-refractivity contribution in [3.05, 3.63) is 35.4 Å². The van der Waals surface area contributed by atoms with E-state index in [0.29, 0.717) is 0 Å². The molecule has 1 aromatic rings. The molecule has 3 atom stereocenters. The van der Waals surface area contributed by atoms with Gasteiger partial charge in [-0.1, -0.05) is 37.1 Å². The Morgan fingerprint density at radius 2 is 2.00 bits per heavy atom. The van der Waals surface area contributed by atoms with Crippen LogP contribution in [0.1, 0.15) is 36.8 Å². The Morgan fingerprint density at radius 1 is 1.24 bits per heavy atom. The van der Waals surface area contributed by atoms with Crippen molar-refractivity contribution in [3.63, 3.8) is 0 Å². The molecule has 0 radical (unpaired) electrons. The largest absolute Gasteiger partial charge is 0.396 e. The van der Waals surface area contributed by atoms with Crippen molar-refractivity contribution in [2.24, 2.45) is 5.92 Å². The van der Waals surface area contributed by atoms with E-state index in [1.54, 1.807) is 0 Å². The molecule has 3 rings (SSSR count). The molecule has 2 unspecified atom stereocenters. The van der Waals surface area contributed by atoms with Crippen LogP contribution in [0.2, 0.25) is 0 Å². The summed E-state index contributed by atoms with van der Waals surface area (Å²) in [6, 6.07) is 8.26. The molecule has 114 valence electrons. The minimum absolute atomic E-state index is 0.0786. The molecule has 0 bridgehead atoms. The molecule has 1 amide bonds. The molecule has 3 N–H and O–H groups in total. The Balaban J connectivity index is 1.61. The van der Waals surface area contributed by atoms with Crippen molar-refractivity contribution in [1.29, 1.82) is 0 Å². The predicted molar refractivity (Wildman–Crippen MR) is 81.7 cm³/mol. The van der Waals surface area contributed by atoms with Gasteiger partial charge in [-0.3, -0.25) is 4.79 Å². The molecule has 4 heteroatoms. The van der Waals surface area contributed by atoms with Gasteiger partial charge >= 0.3 is 0 Å². The zero-order chi connectivity index (χ0) is 14.7. The van der Waals surface area contributed by atoms with E-state index in [1.807, 2.05) is 12.1 Å². The van der Waals surface area contributed by atoms with Gasteiger partial charge in [0.2, 0.25) is 5.91 Å². The van der Waals surface area contributed by atoms with Crippen LogP contribution in [0.5, 0.6) is 0 Å². The maximum atomic E-state index is 12.5. The highest BCUT2D eigenvalue weighted by atomic mass is 16.3. The lowest BCUT2D eigenvalue weighted by molar-refractivity contribution is -0.124. The van der Waals surface area contributed by atoms with E-state index in [1.165, 1.54) is 11.1 Å². The highest BCUT2D eigenvalue weighted by Crippen LogP contribution is 2.24. The average molecular weight is 288 g/mol. The zero-order valence-corrected chi connectivity index (χ0v) is 12.3. The number of hydrogen-bond acceptors (Lipinski definition) is 3. The number of nitrogens with one attached hydrogen (secondary N) is 2. The summed E-state index contributed by atoms with van der Waals surface area (Å²) in [6.07, 6.45) is 5.05. The standard InChI is InChI=1S/C17H24N2O2/c20-11-14-7-3-4-8-15(14)19-17(21)16-9-12-5-1-2-6-13(12)10-18-16/h1-2,5-6,14-16,18,20H,3-4,7-11H2,(H,19,21)/t14?,15?,16-/m1/s1. The summed E-state index contributed by atoms with van der Waals surface area (Å²) in [6.45, 7) is 0.925. The lowest BCUT2D eigenvalue weighted by Gasteiger charge is -2.33. The van der Waals surface area contributed by atoms with E-state index in [9.17, 15) is 9.90 Å². The van der Waals surface area contributed by atoms with E-state index in [0.717, 1.165) is 38.6 Å². The molecule has 0 saturated heterocycles. The minimum Gasteiger partial charge on any atom is -0.396 e. The Bertz CT molecular complexity index is 503. The quantitative estimate of drug-likeness (QED) is 0.787. The summed E-state index contributed by atoms with van der Waals surface area (Å²) in [5, 5.41) is 15.9. The Morgan fingerprint density at radius 3 is 2.81 bits per heavy atom. The van der Waals surface area contributed by atoms with Gasteiger partial charge in [0.05, 0.1) is 6.04 Å². The minimum atomic E-state index is -0.152. The third-order valence-corrected chi connectivity index (χ3v) is 4.87. The van der Waals surface area contributed by atoms with Crippen molar-refractivity contribution in [3.8, 4) is 0 Å². The van der Waals surface area contributed by atoms with Gasteiger partial charge < -0.3 is 15.7 Å². The van der Waals surface area contributed by atoms with Gasteiger partial charge in [-0.05, 0) is 30.4 Å². The van der Waals surface area contributed by atoms with Crippen LogP contribution in [-0.2, 0) is 17.8 Å². The first kappa shape index (κ1) is 14.5. The van der Waals surface area contributed by atoms with Crippen molar-refractivity contribution in [2.75, 3.05) is 6.61 Å². The first-order valence-corrected chi connectivity index (χ1v) is 7.99. The number of rotatable bonds is 3. The van der Waals surface area contributed by atoms with Gasteiger partial charge in [0, 0.05) is 25.1 Å². The Hall–Kier alpha value is -1.39. The summed E-state index contributed by atoms with van der Waals surface area (Å²) >= 11 is 0. The average Bonchev–Trinajstić information content (AvgIpc) is 2.55. The van der Waals surface area contributed by atoms with Crippen LogP contribution < -0.4 is 10.6 Å².